The molecule has 3 unspecified atom stereocenters. The van der Waals surface area contributed by atoms with E-state index in [1.54, 1.807) is 0 Å². The van der Waals surface area contributed by atoms with E-state index in [0.717, 1.165) is 29.8 Å². The van der Waals surface area contributed by atoms with Gasteiger partial charge in [0.2, 0.25) is 0 Å². The van der Waals surface area contributed by atoms with E-state index >= 15 is 0 Å². The molecule has 3 atom stereocenters. The predicted octanol–water partition coefficient (Wildman–Crippen LogP) is 2.89. The Kier molecular flexibility index (Phi) is 3.95. The van der Waals surface area contributed by atoms with Crippen molar-refractivity contribution in [2.45, 2.75) is 64.5 Å². The van der Waals surface area contributed by atoms with Crippen molar-refractivity contribution in [3.8, 4) is 0 Å². The first kappa shape index (κ1) is 12.9. The molecule has 2 bridgehead atoms. The van der Waals surface area contributed by atoms with Crippen LogP contribution in [-0.2, 0) is 0 Å². The first-order valence-corrected chi connectivity index (χ1v) is 8.22. The fraction of sp³-hybridized carbons (Fsp3) is 1.00. The molecule has 2 nitrogen and oxygen atoms in total. The van der Waals surface area contributed by atoms with Gasteiger partial charge in [-0.1, -0.05) is 26.7 Å². The quantitative estimate of drug-likeness (QED) is 0.828. The van der Waals surface area contributed by atoms with Crippen LogP contribution in [0.1, 0.15) is 52.4 Å². The van der Waals surface area contributed by atoms with Crippen LogP contribution in [-0.4, -0.2) is 36.6 Å². The van der Waals surface area contributed by atoms with E-state index < -0.39 is 0 Å². The normalized spacial score (nSPS) is 44.5. The number of fused-ring (bicyclic) bond motifs is 3. The van der Waals surface area contributed by atoms with E-state index in [9.17, 15) is 0 Å². The molecule has 4 fully saturated rings. The topological polar surface area (TPSA) is 15.3 Å². The van der Waals surface area contributed by atoms with Gasteiger partial charge in [-0.25, -0.2) is 0 Å². The van der Waals surface area contributed by atoms with Gasteiger partial charge in [0.15, 0.2) is 0 Å². The van der Waals surface area contributed by atoms with Gasteiger partial charge in [0.25, 0.3) is 0 Å². The molecule has 104 valence electrons. The summed E-state index contributed by atoms with van der Waals surface area (Å²) in [4.78, 5) is 2.67. The lowest BCUT2D eigenvalue weighted by atomic mass is 9.76. The summed E-state index contributed by atoms with van der Waals surface area (Å²) in [6, 6.07) is 1.61. The number of nitrogens with one attached hydrogen (secondary N) is 1. The molecule has 4 rings (SSSR count). The lowest BCUT2D eigenvalue weighted by molar-refractivity contribution is 0.0539. The van der Waals surface area contributed by atoms with Crippen LogP contribution < -0.4 is 5.32 Å². The highest BCUT2D eigenvalue weighted by Gasteiger charge is 2.37. The van der Waals surface area contributed by atoms with Crippen LogP contribution in [0.5, 0.6) is 0 Å². The summed E-state index contributed by atoms with van der Waals surface area (Å²) in [7, 11) is 0. The van der Waals surface area contributed by atoms with E-state index in [1.807, 2.05) is 0 Å². The van der Waals surface area contributed by atoms with E-state index in [1.165, 1.54) is 58.2 Å². The second-order valence-electron chi connectivity index (χ2n) is 7.21. The molecule has 0 spiro atoms. The Morgan fingerprint density at radius 2 is 1.67 bits per heavy atom. The van der Waals surface area contributed by atoms with Gasteiger partial charge >= 0.3 is 0 Å². The summed E-state index contributed by atoms with van der Waals surface area (Å²) in [6.45, 7) is 8.89. The number of hydrogen-bond donors (Lipinski definition) is 1. The lowest BCUT2D eigenvalue weighted by Gasteiger charge is -2.48. The molecule has 0 aromatic heterocycles. The van der Waals surface area contributed by atoms with Crippen LogP contribution in [0.3, 0.4) is 0 Å². The average Bonchev–Trinajstić information content (AvgIpc) is 2.40. The average molecular weight is 250 g/mol. The molecule has 0 aromatic rings. The number of rotatable bonds is 3. The summed E-state index contributed by atoms with van der Waals surface area (Å²) in [5.41, 5.74) is 0. The van der Waals surface area contributed by atoms with Crippen molar-refractivity contribution in [2.24, 2.45) is 17.8 Å². The monoisotopic (exact) mass is 250 g/mol. The predicted molar refractivity (Wildman–Crippen MR) is 76.7 cm³/mol. The highest BCUT2D eigenvalue weighted by Crippen LogP contribution is 2.33. The van der Waals surface area contributed by atoms with Gasteiger partial charge in [0.05, 0.1) is 0 Å². The molecule has 2 heteroatoms. The summed E-state index contributed by atoms with van der Waals surface area (Å²) in [6.07, 6.45) is 8.67. The van der Waals surface area contributed by atoms with Gasteiger partial charge in [0.1, 0.15) is 0 Å². The Bertz CT molecular complexity index is 268. The summed E-state index contributed by atoms with van der Waals surface area (Å²) < 4.78 is 0. The van der Waals surface area contributed by atoms with Gasteiger partial charge < -0.3 is 10.2 Å². The molecular formula is C16H30N2. The number of piperidine rings is 3. The Hall–Kier alpha value is -0.0800. The van der Waals surface area contributed by atoms with Crippen LogP contribution in [0.15, 0.2) is 0 Å². The SMILES string of the molecule is CC(C)C1CCCCC1NC1CN2CCC1CC2. The minimum atomic E-state index is 0.803. The Morgan fingerprint density at radius 3 is 2.28 bits per heavy atom. The van der Waals surface area contributed by atoms with Crippen molar-refractivity contribution in [2.75, 3.05) is 19.6 Å². The van der Waals surface area contributed by atoms with Crippen molar-refractivity contribution < 1.29 is 0 Å². The van der Waals surface area contributed by atoms with E-state index in [-0.39, 0.29) is 0 Å². The standard InChI is InChI=1S/C16H30N2/c1-12(2)14-5-3-4-6-15(14)17-16-11-18-9-7-13(16)8-10-18/h12-17H,3-11H2,1-2H3. The molecule has 4 aliphatic rings. The maximum Gasteiger partial charge on any atom is 0.0226 e. The van der Waals surface area contributed by atoms with Crippen molar-refractivity contribution in [3.05, 3.63) is 0 Å². The second kappa shape index (κ2) is 5.50. The first-order chi connectivity index (χ1) is 8.74. The van der Waals surface area contributed by atoms with Crippen molar-refractivity contribution in [1.29, 1.82) is 0 Å². The first-order valence-electron chi connectivity index (χ1n) is 8.22. The zero-order chi connectivity index (χ0) is 12.5. The van der Waals surface area contributed by atoms with Gasteiger partial charge in [-0.2, -0.15) is 0 Å². The third kappa shape index (κ3) is 2.60. The zero-order valence-electron chi connectivity index (χ0n) is 12.2. The van der Waals surface area contributed by atoms with Crippen molar-refractivity contribution >= 4 is 0 Å². The molecular weight excluding hydrogens is 220 g/mol. The molecule has 0 aromatic carbocycles. The number of nitrogens with zero attached hydrogens (tertiary/aromatic N) is 1. The maximum atomic E-state index is 4.08. The minimum absolute atomic E-state index is 0.803. The molecule has 18 heavy (non-hydrogen) atoms. The molecule has 0 amide bonds. The lowest BCUT2D eigenvalue weighted by Crippen LogP contribution is -2.59. The van der Waals surface area contributed by atoms with Crippen molar-refractivity contribution in [3.63, 3.8) is 0 Å². The number of hydrogen-bond acceptors (Lipinski definition) is 2. The molecule has 3 saturated heterocycles. The fourth-order valence-corrected chi connectivity index (χ4v) is 4.59. The van der Waals surface area contributed by atoms with E-state index in [4.69, 9.17) is 0 Å². The van der Waals surface area contributed by atoms with E-state index in [2.05, 4.69) is 24.1 Å². The third-order valence-corrected chi connectivity index (χ3v) is 5.76. The van der Waals surface area contributed by atoms with Crippen LogP contribution in [0.25, 0.3) is 0 Å². The third-order valence-electron chi connectivity index (χ3n) is 5.76. The second-order valence-corrected chi connectivity index (χ2v) is 7.21. The van der Waals surface area contributed by atoms with Gasteiger partial charge in [-0.15, -0.1) is 0 Å². The highest BCUT2D eigenvalue weighted by atomic mass is 15.2. The van der Waals surface area contributed by atoms with Crippen molar-refractivity contribution in [1.82, 2.24) is 10.2 Å². The minimum Gasteiger partial charge on any atom is -0.309 e. The summed E-state index contributed by atoms with van der Waals surface area (Å²) >= 11 is 0. The van der Waals surface area contributed by atoms with Crippen LogP contribution >= 0.6 is 0 Å². The van der Waals surface area contributed by atoms with Crippen LogP contribution in [0.2, 0.25) is 0 Å². The summed E-state index contributed by atoms with van der Waals surface area (Å²) in [5.74, 6) is 2.75. The summed E-state index contributed by atoms with van der Waals surface area (Å²) in [5, 5.41) is 4.08. The van der Waals surface area contributed by atoms with Crippen LogP contribution in [0.4, 0.5) is 0 Å². The maximum absolute atomic E-state index is 4.08. The smallest absolute Gasteiger partial charge is 0.0226 e. The largest absolute Gasteiger partial charge is 0.309 e. The Labute approximate surface area is 113 Å². The fourth-order valence-electron chi connectivity index (χ4n) is 4.59. The Morgan fingerprint density at radius 1 is 0.944 bits per heavy atom. The van der Waals surface area contributed by atoms with Gasteiger partial charge in [-0.05, 0) is 56.5 Å². The molecule has 1 N–H and O–H groups in total. The molecule has 3 aliphatic heterocycles. The van der Waals surface area contributed by atoms with Gasteiger partial charge in [-0.3, -0.25) is 0 Å². The molecule has 3 heterocycles. The molecule has 1 saturated carbocycles. The Balaban J connectivity index is 1.60. The van der Waals surface area contributed by atoms with Crippen LogP contribution in [0, 0.1) is 17.8 Å². The van der Waals surface area contributed by atoms with Gasteiger partial charge in [0, 0.05) is 18.6 Å². The molecule has 1 aliphatic carbocycles. The molecule has 0 radical (unpaired) electrons. The highest BCUT2D eigenvalue weighted by molar-refractivity contribution is 4.94. The zero-order valence-corrected chi connectivity index (χ0v) is 12.2. The van der Waals surface area contributed by atoms with E-state index in [0.29, 0.717) is 0 Å².